The van der Waals surface area contributed by atoms with E-state index in [-0.39, 0.29) is 5.91 Å². The van der Waals surface area contributed by atoms with E-state index in [1.807, 2.05) is 32.9 Å². The topological polar surface area (TPSA) is 32.3 Å². The Morgan fingerprint density at radius 1 is 1.37 bits per heavy atom. The highest BCUT2D eigenvalue weighted by Crippen LogP contribution is 2.26. The highest BCUT2D eigenvalue weighted by molar-refractivity contribution is 6.42. The third kappa shape index (κ3) is 4.10. The summed E-state index contributed by atoms with van der Waals surface area (Å²) in [5.74, 6) is 0.0189. The van der Waals surface area contributed by atoms with Crippen LogP contribution in [0.5, 0.6) is 0 Å². The molecule has 5 heteroatoms. The number of carbonyl (C=O) groups is 1. The van der Waals surface area contributed by atoms with Crippen LogP contribution >= 0.6 is 23.2 Å². The van der Waals surface area contributed by atoms with Crippen LogP contribution in [0.15, 0.2) is 18.2 Å². The summed E-state index contributed by atoms with van der Waals surface area (Å²) in [6, 6.07) is 5.44. The number of hydrogen-bond acceptors (Lipinski definition) is 2. The van der Waals surface area contributed by atoms with Gasteiger partial charge in [-0.2, -0.15) is 0 Å². The fraction of sp³-hybridized carbons (Fsp3) is 0.500. The maximum absolute atomic E-state index is 12.3. The predicted octanol–water partition coefficient (Wildman–Crippen LogP) is 3.34. The van der Waals surface area contributed by atoms with Crippen molar-refractivity contribution in [2.24, 2.45) is 0 Å². The quantitative estimate of drug-likeness (QED) is 0.905. The van der Waals surface area contributed by atoms with Crippen molar-refractivity contribution in [3.05, 3.63) is 33.8 Å². The lowest BCUT2D eigenvalue weighted by molar-refractivity contribution is -0.136. The van der Waals surface area contributed by atoms with Crippen LogP contribution < -0.4 is 5.32 Å². The molecule has 0 radical (unpaired) electrons. The molecule has 0 saturated heterocycles. The van der Waals surface area contributed by atoms with Gasteiger partial charge in [0.05, 0.1) is 15.6 Å². The molecule has 1 N–H and O–H groups in total. The van der Waals surface area contributed by atoms with Crippen molar-refractivity contribution in [1.82, 2.24) is 10.2 Å². The smallest absolute Gasteiger partial charge is 0.242 e. The van der Waals surface area contributed by atoms with Crippen molar-refractivity contribution >= 4 is 29.1 Å². The Bertz CT molecular complexity index is 461. The van der Waals surface area contributed by atoms with Gasteiger partial charge in [0.15, 0.2) is 0 Å². The highest BCUT2D eigenvalue weighted by atomic mass is 35.5. The van der Waals surface area contributed by atoms with Crippen molar-refractivity contribution in [3.8, 4) is 0 Å². The molecule has 0 saturated carbocycles. The van der Waals surface area contributed by atoms with Gasteiger partial charge in [-0.3, -0.25) is 4.79 Å². The Morgan fingerprint density at radius 2 is 2.00 bits per heavy atom. The molecule has 3 nitrogen and oxygen atoms in total. The fourth-order valence-corrected chi connectivity index (χ4v) is 2.37. The monoisotopic (exact) mass is 302 g/mol. The van der Waals surface area contributed by atoms with E-state index in [4.69, 9.17) is 23.2 Å². The van der Waals surface area contributed by atoms with Crippen LogP contribution in [0.4, 0.5) is 0 Å². The first kappa shape index (κ1) is 16.3. The van der Waals surface area contributed by atoms with Crippen LogP contribution in [-0.4, -0.2) is 29.9 Å². The molecule has 1 aromatic rings. The van der Waals surface area contributed by atoms with E-state index < -0.39 is 5.54 Å². The van der Waals surface area contributed by atoms with Gasteiger partial charge in [0.1, 0.15) is 0 Å². The Kier molecular flexibility index (Phi) is 5.65. The number of nitrogens with zero attached hydrogens (tertiary/aromatic N) is 1. The lowest BCUT2D eigenvalue weighted by Gasteiger charge is -2.30. The molecule has 106 valence electrons. The SMILES string of the molecule is CCNC(C)(C)C(=O)N(C)Cc1cccc(Cl)c1Cl. The largest absolute Gasteiger partial charge is 0.340 e. The first-order chi connectivity index (χ1) is 8.79. The second-order valence-corrected chi connectivity index (χ2v) is 5.81. The number of halogens is 2. The maximum atomic E-state index is 12.3. The summed E-state index contributed by atoms with van der Waals surface area (Å²) in [7, 11) is 1.76. The van der Waals surface area contributed by atoms with Gasteiger partial charge in [-0.25, -0.2) is 0 Å². The van der Waals surface area contributed by atoms with Gasteiger partial charge in [-0.1, -0.05) is 42.3 Å². The number of nitrogens with one attached hydrogen (secondary N) is 1. The van der Waals surface area contributed by atoms with Crippen molar-refractivity contribution in [2.75, 3.05) is 13.6 Å². The minimum atomic E-state index is -0.589. The molecule has 0 aliphatic heterocycles. The summed E-state index contributed by atoms with van der Waals surface area (Å²) in [4.78, 5) is 14.0. The van der Waals surface area contributed by atoms with Gasteiger partial charge in [0.25, 0.3) is 0 Å². The van der Waals surface area contributed by atoms with Gasteiger partial charge in [-0.05, 0) is 32.0 Å². The highest BCUT2D eigenvalue weighted by Gasteiger charge is 2.29. The minimum absolute atomic E-state index is 0.0189. The first-order valence-electron chi connectivity index (χ1n) is 6.23. The normalized spacial score (nSPS) is 11.5. The second-order valence-electron chi connectivity index (χ2n) is 5.03. The van der Waals surface area contributed by atoms with Gasteiger partial charge >= 0.3 is 0 Å². The third-order valence-electron chi connectivity index (χ3n) is 2.94. The van der Waals surface area contributed by atoms with E-state index in [1.165, 1.54) is 0 Å². The minimum Gasteiger partial charge on any atom is -0.340 e. The molecule has 0 unspecified atom stereocenters. The molecule has 0 bridgehead atoms. The zero-order valence-electron chi connectivity index (χ0n) is 11.8. The number of carbonyl (C=O) groups excluding carboxylic acids is 1. The molecule has 0 atom stereocenters. The predicted molar refractivity (Wildman–Crippen MR) is 80.7 cm³/mol. The standard InChI is InChI=1S/C14H20Cl2N2O/c1-5-17-14(2,3)13(19)18(4)9-10-7-6-8-11(15)12(10)16/h6-8,17H,5,9H2,1-4H3. The van der Waals surface area contributed by atoms with Crippen LogP contribution in [0.3, 0.4) is 0 Å². The fourth-order valence-electron chi connectivity index (χ4n) is 1.99. The van der Waals surface area contributed by atoms with Crippen molar-refractivity contribution in [1.29, 1.82) is 0 Å². The van der Waals surface area contributed by atoms with E-state index in [2.05, 4.69) is 5.32 Å². The van der Waals surface area contributed by atoms with E-state index in [9.17, 15) is 4.79 Å². The zero-order chi connectivity index (χ0) is 14.6. The summed E-state index contributed by atoms with van der Waals surface area (Å²) < 4.78 is 0. The van der Waals surface area contributed by atoms with E-state index in [1.54, 1.807) is 18.0 Å². The van der Waals surface area contributed by atoms with Crippen LogP contribution in [0.2, 0.25) is 10.0 Å². The second kappa shape index (κ2) is 6.60. The van der Waals surface area contributed by atoms with Gasteiger partial charge < -0.3 is 10.2 Å². The summed E-state index contributed by atoms with van der Waals surface area (Å²) in [5.41, 5.74) is 0.256. The number of rotatable bonds is 5. The molecule has 1 amide bonds. The Hall–Kier alpha value is -0.770. The lowest BCUT2D eigenvalue weighted by atomic mass is 10.0. The Morgan fingerprint density at radius 3 is 2.58 bits per heavy atom. The van der Waals surface area contributed by atoms with Crippen LogP contribution in [0, 0.1) is 0 Å². The first-order valence-corrected chi connectivity index (χ1v) is 6.98. The van der Waals surface area contributed by atoms with Crippen molar-refractivity contribution in [3.63, 3.8) is 0 Å². The van der Waals surface area contributed by atoms with E-state index >= 15 is 0 Å². The summed E-state index contributed by atoms with van der Waals surface area (Å²) in [6.45, 7) is 6.89. The molecule has 0 heterocycles. The molecule has 1 rings (SSSR count). The van der Waals surface area contributed by atoms with Crippen molar-refractivity contribution in [2.45, 2.75) is 32.9 Å². The van der Waals surface area contributed by atoms with Gasteiger partial charge in [0, 0.05) is 13.6 Å². The molecule has 0 aliphatic carbocycles. The molecule has 1 aromatic carbocycles. The summed E-state index contributed by atoms with van der Waals surface area (Å²) in [5, 5.41) is 4.17. The number of amides is 1. The Labute approximate surface area is 124 Å². The number of hydrogen-bond donors (Lipinski definition) is 1. The number of benzene rings is 1. The molecule has 0 spiro atoms. The third-order valence-corrected chi connectivity index (χ3v) is 3.80. The Balaban J connectivity index is 2.82. The summed E-state index contributed by atoms with van der Waals surface area (Å²) >= 11 is 12.1. The number of likely N-dealkylation sites (N-methyl/N-ethyl adjacent to an activating group) is 2. The molecule has 0 aromatic heterocycles. The van der Waals surface area contributed by atoms with Gasteiger partial charge in [-0.15, -0.1) is 0 Å². The van der Waals surface area contributed by atoms with Crippen LogP contribution in [0.1, 0.15) is 26.3 Å². The molecule has 0 fully saturated rings. The van der Waals surface area contributed by atoms with Crippen LogP contribution in [0.25, 0.3) is 0 Å². The molecular weight excluding hydrogens is 283 g/mol. The average Bonchev–Trinajstić information content (AvgIpc) is 2.33. The molecule has 19 heavy (non-hydrogen) atoms. The van der Waals surface area contributed by atoms with E-state index in [0.717, 1.165) is 12.1 Å². The van der Waals surface area contributed by atoms with Gasteiger partial charge in [0.2, 0.25) is 5.91 Å². The van der Waals surface area contributed by atoms with Crippen LogP contribution in [-0.2, 0) is 11.3 Å². The zero-order valence-corrected chi connectivity index (χ0v) is 13.3. The van der Waals surface area contributed by atoms with Crippen molar-refractivity contribution < 1.29 is 4.79 Å². The van der Waals surface area contributed by atoms with E-state index in [0.29, 0.717) is 16.6 Å². The maximum Gasteiger partial charge on any atom is 0.242 e. The summed E-state index contributed by atoms with van der Waals surface area (Å²) in [6.07, 6.45) is 0. The lowest BCUT2D eigenvalue weighted by Crippen LogP contribution is -2.52. The average molecular weight is 303 g/mol. The molecular formula is C14H20Cl2N2O. The molecule has 0 aliphatic rings.